The molecule has 0 fully saturated rings. The molecule has 1 aromatic carbocycles. The van der Waals surface area contributed by atoms with Crippen LogP contribution in [0.4, 0.5) is 11.5 Å². The molecule has 4 rings (SSSR count). The molecule has 0 atom stereocenters. The Morgan fingerprint density at radius 1 is 1.19 bits per heavy atom. The molecule has 1 aliphatic heterocycles. The number of aromatic nitrogens is 3. The fourth-order valence-electron chi connectivity index (χ4n) is 3.76. The molecular weight excluding hydrogens is 392 g/mol. The van der Waals surface area contributed by atoms with Gasteiger partial charge < -0.3 is 20.7 Å². The van der Waals surface area contributed by atoms with E-state index >= 15 is 0 Å². The Morgan fingerprint density at radius 3 is 2.90 bits per heavy atom. The average Bonchev–Trinajstić information content (AvgIpc) is 2.77. The lowest BCUT2D eigenvalue weighted by atomic mass is 9.79. The first-order valence-electron chi connectivity index (χ1n) is 10.2. The maximum absolute atomic E-state index is 13.0. The Kier molecular flexibility index (Phi) is 5.81. The monoisotopic (exact) mass is 418 g/mol. The highest BCUT2D eigenvalue weighted by molar-refractivity contribution is 6.07. The minimum atomic E-state index is -0.223. The number of hydrogen-bond donors (Lipinski definition) is 3. The highest BCUT2D eigenvalue weighted by atomic mass is 16.5. The van der Waals surface area contributed by atoms with Crippen LogP contribution in [-0.2, 0) is 18.5 Å². The first-order chi connectivity index (χ1) is 15.0. The summed E-state index contributed by atoms with van der Waals surface area (Å²) in [6.07, 6.45) is 3.27. The van der Waals surface area contributed by atoms with E-state index in [1.165, 1.54) is 18.2 Å². The molecule has 3 heterocycles. The molecule has 0 spiro atoms. The highest BCUT2D eigenvalue weighted by Gasteiger charge is 2.27. The normalized spacial score (nSPS) is 14.4. The van der Waals surface area contributed by atoms with Crippen molar-refractivity contribution in [2.75, 3.05) is 24.3 Å². The van der Waals surface area contributed by atoms with Gasteiger partial charge in [0.15, 0.2) is 0 Å². The van der Waals surface area contributed by atoms with Crippen LogP contribution in [0.2, 0.25) is 0 Å². The van der Waals surface area contributed by atoms with Gasteiger partial charge in [0.25, 0.3) is 5.91 Å². The predicted molar refractivity (Wildman–Crippen MR) is 119 cm³/mol. The molecule has 0 bridgehead atoms. The van der Waals surface area contributed by atoms with Crippen LogP contribution in [0.1, 0.15) is 41.0 Å². The van der Waals surface area contributed by atoms with Gasteiger partial charge in [-0.1, -0.05) is 19.9 Å². The minimum absolute atomic E-state index is 0.0697. The van der Waals surface area contributed by atoms with E-state index in [9.17, 15) is 4.79 Å². The third kappa shape index (κ3) is 4.64. The molecule has 0 saturated heterocycles. The van der Waals surface area contributed by atoms with Gasteiger partial charge in [-0.3, -0.25) is 4.79 Å². The molecule has 160 valence electrons. The van der Waals surface area contributed by atoms with Crippen LogP contribution >= 0.6 is 0 Å². The van der Waals surface area contributed by atoms with Crippen LogP contribution in [0, 0.1) is 0 Å². The summed E-state index contributed by atoms with van der Waals surface area (Å²) in [5.41, 5.74) is 4.54. The number of ether oxygens (including phenoxy) is 1. The quantitative estimate of drug-likeness (QED) is 0.565. The molecule has 3 aromatic rings. The summed E-state index contributed by atoms with van der Waals surface area (Å²) in [6, 6.07) is 11.7. The van der Waals surface area contributed by atoms with Crippen molar-refractivity contribution in [3.63, 3.8) is 0 Å². The smallest absolute Gasteiger partial charge is 0.316 e. The second-order valence-corrected chi connectivity index (χ2v) is 8.10. The van der Waals surface area contributed by atoms with Gasteiger partial charge in [-0.25, -0.2) is 9.97 Å². The Morgan fingerprint density at radius 2 is 2.06 bits per heavy atom. The van der Waals surface area contributed by atoms with E-state index in [4.69, 9.17) is 4.74 Å². The number of amides is 1. The van der Waals surface area contributed by atoms with Crippen molar-refractivity contribution in [3.8, 4) is 6.01 Å². The third-order valence-corrected chi connectivity index (χ3v) is 5.34. The van der Waals surface area contributed by atoms with Crippen molar-refractivity contribution < 1.29 is 9.53 Å². The largest absolute Gasteiger partial charge is 0.467 e. The molecule has 0 saturated carbocycles. The Labute approximate surface area is 181 Å². The lowest BCUT2D eigenvalue weighted by Crippen LogP contribution is -2.38. The molecule has 1 aliphatic rings. The van der Waals surface area contributed by atoms with E-state index in [1.807, 2.05) is 12.1 Å². The summed E-state index contributed by atoms with van der Waals surface area (Å²) < 4.78 is 5.05. The second kappa shape index (κ2) is 8.69. The molecule has 0 aliphatic carbocycles. The number of rotatable bonds is 6. The Hall–Kier alpha value is -3.52. The van der Waals surface area contributed by atoms with Crippen molar-refractivity contribution in [1.29, 1.82) is 0 Å². The first kappa shape index (κ1) is 20.7. The Bertz CT molecular complexity index is 1100. The minimum Gasteiger partial charge on any atom is -0.467 e. The van der Waals surface area contributed by atoms with Crippen LogP contribution in [-0.4, -0.2) is 34.5 Å². The topological polar surface area (TPSA) is 101 Å². The van der Waals surface area contributed by atoms with Crippen molar-refractivity contribution in [1.82, 2.24) is 20.3 Å². The molecule has 0 unspecified atom stereocenters. The molecule has 8 nitrogen and oxygen atoms in total. The van der Waals surface area contributed by atoms with Gasteiger partial charge in [0.05, 0.1) is 24.9 Å². The molecule has 8 heteroatoms. The fourth-order valence-corrected chi connectivity index (χ4v) is 3.76. The highest BCUT2D eigenvalue weighted by Crippen LogP contribution is 2.31. The van der Waals surface area contributed by atoms with Gasteiger partial charge in [0.2, 0.25) is 0 Å². The Balaban J connectivity index is 1.49. The molecule has 31 heavy (non-hydrogen) atoms. The number of carbonyl (C=O) groups is 1. The fraction of sp³-hybridized carbons (Fsp3) is 0.304. The number of benzene rings is 1. The number of nitrogens with one attached hydrogen (secondary N) is 3. The van der Waals surface area contributed by atoms with Crippen LogP contribution in [0.3, 0.4) is 0 Å². The number of hydrogen-bond acceptors (Lipinski definition) is 7. The van der Waals surface area contributed by atoms with Gasteiger partial charge in [-0.05, 0) is 41.5 Å². The zero-order valence-corrected chi connectivity index (χ0v) is 17.9. The van der Waals surface area contributed by atoms with Crippen molar-refractivity contribution >= 4 is 17.4 Å². The molecule has 2 aromatic heterocycles. The third-order valence-electron chi connectivity index (χ3n) is 5.34. The maximum Gasteiger partial charge on any atom is 0.316 e. The predicted octanol–water partition coefficient (Wildman–Crippen LogP) is 3.13. The molecule has 1 amide bonds. The van der Waals surface area contributed by atoms with Gasteiger partial charge in [0.1, 0.15) is 5.82 Å². The zero-order chi connectivity index (χ0) is 21.8. The molecule has 0 radical (unpaired) electrons. The zero-order valence-electron chi connectivity index (χ0n) is 17.9. The van der Waals surface area contributed by atoms with Gasteiger partial charge in [-0.15, -0.1) is 0 Å². The lowest BCUT2D eigenvalue weighted by molar-refractivity contribution is 0.102. The van der Waals surface area contributed by atoms with E-state index in [2.05, 4.69) is 50.8 Å². The van der Waals surface area contributed by atoms with E-state index in [-0.39, 0.29) is 11.3 Å². The average molecular weight is 419 g/mol. The number of methoxy groups -OCH3 is 1. The molecular formula is C23H26N6O2. The van der Waals surface area contributed by atoms with E-state index in [1.54, 1.807) is 30.6 Å². The summed E-state index contributed by atoms with van der Waals surface area (Å²) in [5.74, 6) is 0.261. The maximum atomic E-state index is 13.0. The van der Waals surface area contributed by atoms with Gasteiger partial charge >= 0.3 is 6.01 Å². The van der Waals surface area contributed by atoms with Crippen molar-refractivity contribution in [2.45, 2.75) is 32.4 Å². The summed E-state index contributed by atoms with van der Waals surface area (Å²) >= 11 is 0. The standard InChI is InChI=1S/C23H26N6O2/c1-23(2)14-24-12-15-11-16(6-7-19(15)23)28-21(30)18-5-4-9-25-20(18)27-13-17-8-10-26-22(29-17)31-3/h4-11,24H,12-14H2,1-3H3,(H,25,27)(H,28,30). The van der Waals surface area contributed by atoms with Crippen LogP contribution in [0.25, 0.3) is 0 Å². The first-order valence-corrected chi connectivity index (χ1v) is 10.2. The van der Waals surface area contributed by atoms with Gasteiger partial charge in [-0.2, -0.15) is 4.98 Å². The second-order valence-electron chi connectivity index (χ2n) is 8.10. The van der Waals surface area contributed by atoms with E-state index in [0.29, 0.717) is 23.9 Å². The number of nitrogens with zero attached hydrogens (tertiary/aromatic N) is 3. The summed E-state index contributed by atoms with van der Waals surface area (Å²) in [5, 5.41) is 9.62. The van der Waals surface area contributed by atoms with Gasteiger partial charge in [0, 0.05) is 36.6 Å². The van der Waals surface area contributed by atoms with Crippen LogP contribution in [0.15, 0.2) is 48.8 Å². The number of fused-ring (bicyclic) bond motifs is 1. The van der Waals surface area contributed by atoms with E-state index < -0.39 is 0 Å². The summed E-state index contributed by atoms with van der Waals surface area (Å²) in [4.78, 5) is 25.6. The van der Waals surface area contributed by atoms with Crippen LogP contribution < -0.4 is 20.7 Å². The number of anilines is 2. The van der Waals surface area contributed by atoms with Crippen molar-refractivity contribution in [3.05, 3.63) is 71.2 Å². The summed E-state index contributed by atoms with van der Waals surface area (Å²) in [6.45, 7) is 6.56. The van der Waals surface area contributed by atoms with E-state index in [0.717, 1.165) is 24.5 Å². The molecule has 3 N–H and O–H groups in total. The van der Waals surface area contributed by atoms with Crippen LogP contribution in [0.5, 0.6) is 6.01 Å². The van der Waals surface area contributed by atoms with Crippen molar-refractivity contribution in [2.24, 2.45) is 0 Å². The number of carbonyl (C=O) groups excluding carboxylic acids is 1. The summed E-state index contributed by atoms with van der Waals surface area (Å²) in [7, 11) is 1.52. The SMILES string of the molecule is COc1nccc(CNc2ncccc2C(=O)Nc2ccc3c(c2)CNCC3(C)C)n1. The number of pyridine rings is 1. The lowest BCUT2D eigenvalue weighted by Gasteiger charge is -2.33.